The number of hydrogen-bond donors (Lipinski definition) is 1. The molecule has 9 nitrogen and oxygen atoms in total. The van der Waals surface area contributed by atoms with Gasteiger partial charge in [0, 0.05) is 6.54 Å². The molecule has 0 fully saturated rings. The zero-order valence-electron chi connectivity index (χ0n) is 10.5. The molecule has 102 valence electrons. The van der Waals surface area contributed by atoms with E-state index in [4.69, 9.17) is 11.6 Å². The van der Waals surface area contributed by atoms with Crippen LogP contribution >= 0.6 is 11.6 Å². The minimum atomic E-state index is 0.341. The Balaban J connectivity index is 2.09. The van der Waals surface area contributed by atoms with Crippen molar-refractivity contribution in [3.63, 3.8) is 0 Å². The molecule has 0 aromatic carbocycles. The van der Waals surface area contributed by atoms with Crippen molar-refractivity contribution in [2.24, 2.45) is 0 Å². The van der Waals surface area contributed by atoms with Crippen LogP contribution in [0.4, 0.5) is 5.95 Å². The summed E-state index contributed by atoms with van der Waals surface area (Å²) in [5, 5.41) is 11.6. The van der Waals surface area contributed by atoms with Gasteiger partial charge in [-0.15, -0.1) is 0 Å². The molecule has 0 amide bonds. The molecule has 0 radical (unpaired) electrons. The quantitative estimate of drug-likeness (QED) is 0.756. The fourth-order valence-corrected chi connectivity index (χ4v) is 1.65. The Kier molecular flexibility index (Phi) is 3.25. The Morgan fingerprint density at radius 3 is 2.55 bits per heavy atom. The van der Waals surface area contributed by atoms with Crippen molar-refractivity contribution >= 4 is 17.5 Å². The molecule has 10 heteroatoms. The van der Waals surface area contributed by atoms with Gasteiger partial charge in [-0.05, 0) is 6.92 Å². The third-order valence-electron chi connectivity index (χ3n) is 2.33. The third kappa shape index (κ3) is 2.43. The number of hydrogen-bond acceptors (Lipinski definition) is 7. The van der Waals surface area contributed by atoms with Crippen LogP contribution in [0.1, 0.15) is 6.92 Å². The van der Waals surface area contributed by atoms with E-state index < -0.39 is 0 Å². The van der Waals surface area contributed by atoms with Crippen LogP contribution in [0, 0.1) is 0 Å². The van der Waals surface area contributed by atoms with Gasteiger partial charge in [-0.3, -0.25) is 0 Å². The van der Waals surface area contributed by atoms with Crippen LogP contribution in [0.2, 0.25) is 5.02 Å². The number of nitrogens with zero attached hydrogens (tertiary/aromatic N) is 8. The molecule has 0 aliphatic heterocycles. The summed E-state index contributed by atoms with van der Waals surface area (Å²) in [7, 11) is 0. The second kappa shape index (κ2) is 5.21. The Morgan fingerprint density at radius 2 is 1.95 bits per heavy atom. The van der Waals surface area contributed by atoms with E-state index in [-0.39, 0.29) is 0 Å². The summed E-state index contributed by atoms with van der Waals surface area (Å²) in [6.07, 6.45) is 6.03. The fraction of sp³-hybridized carbons (Fsp3) is 0.200. The highest BCUT2D eigenvalue weighted by Gasteiger charge is 2.10. The first-order valence-electron chi connectivity index (χ1n) is 5.82. The molecule has 3 aromatic heterocycles. The average molecular weight is 292 g/mol. The second-order valence-electron chi connectivity index (χ2n) is 3.73. The van der Waals surface area contributed by atoms with E-state index in [1.807, 2.05) is 6.92 Å². The standard InChI is InChI=1S/C10H10ClN9/c1-2-13-8-16-9(19-4-7(11)3-14-19)18-10(17-8)20-6-12-5-15-20/h3-6H,2H2,1H3,(H,13,16,17,18). The molecule has 0 saturated heterocycles. The van der Waals surface area contributed by atoms with Gasteiger partial charge in [0.05, 0.1) is 17.4 Å². The van der Waals surface area contributed by atoms with Crippen LogP contribution in [0.15, 0.2) is 25.0 Å². The minimum Gasteiger partial charge on any atom is -0.354 e. The molecular formula is C10H10ClN9. The van der Waals surface area contributed by atoms with Gasteiger partial charge in [-0.1, -0.05) is 11.6 Å². The second-order valence-corrected chi connectivity index (χ2v) is 4.17. The van der Waals surface area contributed by atoms with Gasteiger partial charge in [0.15, 0.2) is 0 Å². The normalized spacial score (nSPS) is 10.7. The van der Waals surface area contributed by atoms with Gasteiger partial charge < -0.3 is 5.32 Å². The van der Waals surface area contributed by atoms with Gasteiger partial charge in [-0.25, -0.2) is 9.67 Å². The van der Waals surface area contributed by atoms with Crippen molar-refractivity contribution in [3.8, 4) is 11.9 Å². The maximum absolute atomic E-state index is 5.85. The van der Waals surface area contributed by atoms with E-state index in [2.05, 4.69) is 35.5 Å². The van der Waals surface area contributed by atoms with Crippen molar-refractivity contribution in [3.05, 3.63) is 30.1 Å². The average Bonchev–Trinajstić information content (AvgIpc) is 3.09. The van der Waals surface area contributed by atoms with Crippen molar-refractivity contribution in [1.29, 1.82) is 0 Å². The Labute approximate surface area is 118 Å². The number of rotatable bonds is 4. The number of halogens is 1. The molecule has 3 rings (SSSR count). The highest BCUT2D eigenvalue weighted by molar-refractivity contribution is 6.30. The van der Waals surface area contributed by atoms with E-state index in [0.717, 1.165) is 0 Å². The summed E-state index contributed by atoms with van der Waals surface area (Å²) in [6, 6.07) is 0. The molecule has 0 bridgehead atoms. The maximum Gasteiger partial charge on any atom is 0.258 e. The van der Waals surface area contributed by atoms with Gasteiger partial charge in [-0.2, -0.15) is 29.8 Å². The minimum absolute atomic E-state index is 0.341. The molecule has 20 heavy (non-hydrogen) atoms. The predicted octanol–water partition coefficient (Wildman–Crippen LogP) is 0.723. The predicted molar refractivity (Wildman–Crippen MR) is 71.0 cm³/mol. The molecule has 0 spiro atoms. The lowest BCUT2D eigenvalue weighted by atomic mass is 10.7. The highest BCUT2D eigenvalue weighted by Crippen LogP contribution is 2.11. The number of anilines is 1. The Hall–Kier alpha value is -2.55. The number of aromatic nitrogens is 8. The van der Waals surface area contributed by atoms with Crippen molar-refractivity contribution in [2.75, 3.05) is 11.9 Å². The van der Waals surface area contributed by atoms with Crippen molar-refractivity contribution in [2.45, 2.75) is 6.92 Å². The summed E-state index contributed by atoms with van der Waals surface area (Å²) in [5.41, 5.74) is 0. The van der Waals surface area contributed by atoms with Crippen LogP contribution in [-0.2, 0) is 0 Å². The van der Waals surface area contributed by atoms with E-state index >= 15 is 0 Å². The fourth-order valence-electron chi connectivity index (χ4n) is 1.52. The lowest BCUT2D eigenvalue weighted by molar-refractivity contribution is 0.744. The van der Waals surface area contributed by atoms with Crippen molar-refractivity contribution in [1.82, 2.24) is 39.5 Å². The van der Waals surface area contributed by atoms with Crippen LogP contribution in [0.5, 0.6) is 0 Å². The molecule has 0 aliphatic rings. The largest absolute Gasteiger partial charge is 0.354 e. The van der Waals surface area contributed by atoms with Crippen LogP contribution < -0.4 is 5.32 Å². The zero-order chi connectivity index (χ0) is 13.9. The lowest BCUT2D eigenvalue weighted by Gasteiger charge is -2.06. The first-order chi connectivity index (χ1) is 9.76. The third-order valence-corrected chi connectivity index (χ3v) is 2.52. The molecule has 0 saturated carbocycles. The highest BCUT2D eigenvalue weighted by atomic mass is 35.5. The van der Waals surface area contributed by atoms with E-state index in [1.165, 1.54) is 28.2 Å². The molecule has 0 atom stereocenters. The molecular weight excluding hydrogens is 282 g/mol. The lowest BCUT2D eigenvalue weighted by Crippen LogP contribution is -2.13. The molecule has 3 aromatic rings. The molecule has 1 N–H and O–H groups in total. The number of nitrogens with one attached hydrogen (secondary N) is 1. The van der Waals surface area contributed by atoms with Gasteiger partial charge >= 0.3 is 0 Å². The summed E-state index contributed by atoms with van der Waals surface area (Å²) in [6.45, 7) is 2.63. The molecule has 0 aliphatic carbocycles. The van der Waals surface area contributed by atoms with E-state index in [0.29, 0.717) is 29.4 Å². The smallest absolute Gasteiger partial charge is 0.258 e. The van der Waals surface area contributed by atoms with Crippen LogP contribution in [-0.4, -0.2) is 46.0 Å². The van der Waals surface area contributed by atoms with Gasteiger partial charge in [0.2, 0.25) is 5.95 Å². The zero-order valence-corrected chi connectivity index (χ0v) is 11.2. The van der Waals surface area contributed by atoms with E-state index in [1.54, 1.807) is 6.20 Å². The molecule has 0 unspecified atom stereocenters. The first-order valence-corrected chi connectivity index (χ1v) is 6.19. The summed E-state index contributed by atoms with van der Waals surface area (Å²) < 4.78 is 2.91. The summed E-state index contributed by atoms with van der Waals surface area (Å²) in [4.78, 5) is 16.7. The van der Waals surface area contributed by atoms with Gasteiger partial charge in [0.25, 0.3) is 11.9 Å². The SMILES string of the molecule is CCNc1nc(-n2cncn2)nc(-n2cc(Cl)cn2)n1. The topological polar surface area (TPSA) is 99.2 Å². The van der Waals surface area contributed by atoms with Crippen molar-refractivity contribution < 1.29 is 0 Å². The Morgan fingerprint density at radius 1 is 1.15 bits per heavy atom. The first kappa shape index (κ1) is 12.5. The van der Waals surface area contributed by atoms with E-state index in [9.17, 15) is 0 Å². The monoisotopic (exact) mass is 291 g/mol. The summed E-state index contributed by atoms with van der Waals surface area (Å²) >= 11 is 5.85. The Bertz CT molecular complexity index is 705. The van der Waals surface area contributed by atoms with Crippen LogP contribution in [0.3, 0.4) is 0 Å². The maximum atomic E-state index is 5.85. The molecule has 3 heterocycles. The summed E-state index contributed by atoms with van der Waals surface area (Å²) in [5.74, 6) is 1.11. The van der Waals surface area contributed by atoms with Crippen LogP contribution in [0.25, 0.3) is 11.9 Å². The van der Waals surface area contributed by atoms with Gasteiger partial charge in [0.1, 0.15) is 12.7 Å².